The van der Waals surface area contributed by atoms with E-state index in [2.05, 4.69) is 15.7 Å². The van der Waals surface area contributed by atoms with Crippen molar-refractivity contribution in [3.8, 4) is 11.4 Å². The van der Waals surface area contributed by atoms with Gasteiger partial charge in [-0.15, -0.1) is 0 Å². The molecule has 46 heavy (non-hydrogen) atoms. The minimum Gasteiger partial charge on any atom is -0.496 e. The van der Waals surface area contributed by atoms with Gasteiger partial charge in [0, 0.05) is 34.7 Å². The monoisotopic (exact) mass is 660 g/mol. The van der Waals surface area contributed by atoms with Gasteiger partial charge < -0.3 is 20.1 Å². The summed E-state index contributed by atoms with van der Waals surface area (Å²) < 4.78 is 93.7. The van der Waals surface area contributed by atoms with Crippen molar-refractivity contribution in [2.24, 2.45) is 0 Å². The van der Waals surface area contributed by atoms with Crippen LogP contribution in [-0.4, -0.2) is 67.1 Å². The van der Waals surface area contributed by atoms with E-state index >= 15 is 0 Å². The number of carbonyl (C=O) groups is 1. The summed E-state index contributed by atoms with van der Waals surface area (Å²) in [5, 5.41) is 10.7. The van der Waals surface area contributed by atoms with Gasteiger partial charge in [-0.3, -0.25) is 4.79 Å². The highest BCUT2D eigenvalue weighted by Crippen LogP contribution is 2.57. The first kappa shape index (κ1) is 31.8. The minimum atomic E-state index is -4.74. The zero-order chi connectivity index (χ0) is 33.1. The summed E-state index contributed by atoms with van der Waals surface area (Å²) in [6, 6.07) is 13.4. The van der Waals surface area contributed by atoms with Gasteiger partial charge in [0.1, 0.15) is 11.6 Å². The lowest BCUT2D eigenvalue weighted by Crippen LogP contribution is -2.67. The van der Waals surface area contributed by atoms with Crippen LogP contribution < -0.4 is 15.4 Å². The molecule has 9 nitrogen and oxygen atoms in total. The number of methoxy groups -OCH3 is 1. The maximum Gasteiger partial charge on any atom is 0.419 e. The highest BCUT2D eigenvalue weighted by molar-refractivity contribution is 7.91. The number of ether oxygens (including phenoxy) is 2. The van der Waals surface area contributed by atoms with E-state index in [1.54, 1.807) is 41.9 Å². The molecule has 244 valence electrons. The Morgan fingerprint density at radius 2 is 1.93 bits per heavy atom. The summed E-state index contributed by atoms with van der Waals surface area (Å²) in [6.07, 6.45) is -3.33. The number of aryl methyl sites for hydroxylation is 1. The number of hydrogen-bond acceptors (Lipinski definition) is 7. The van der Waals surface area contributed by atoms with Crippen molar-refractivity contribution >= 4 is 32.3 Å². The van der Waals surface area contributed by atoms with Crippen LogP contribution in [0.15, 0.2) is 60.8 Å². The van der Waals surface area contributed by atoms with Gasteiger partial charge in [0.15, 0.2) is 15.4 Å². The molecule has 3 atom stereocenters. The predicted molar refractivity (Wildman–Crippen MR) is 164 cm³/mol. The lowest BCUT2D eigenvalue weighted by molar-refractivity contribution is -0.380. The largest absolute Gasteiger partial charge is 0.496 e. The number of fused-ring (bicyclic) bond motifs is 1. The Hall–Kier alpha value is -4.17. The molecule has 0 aliphatic carbocycles. The Morgan fingerprint density at radius 1 is 1.17 bits per heavy atom. The van der Waals surface area contributed by atoms with E-state index in [-0.39, 0.29) is 22.8 Å². The molecular weight excluding hydrogens is 628 g/mol. The Kier molecular flexibility index (Phi) is 7.79. The molecule has 0 saturated carbocycles. The fourth-order valence-electron chi connectivity index (χ4n) is 6.38. The van der Waals surface area contributed by atoms with Crippen LogP contribution in [0.5, 0.6) is 5.75 Å². The van der Waals surface area contributed by atoms with E-state index in [1.807, 2.05) is 6.07 Å². The van der Waals surface area contributed by atoms with Crippen LogP contribution in [-0.2, 0) is 20.2 Å². The first-order valence-corrected chi connectivity index (χ1v) is 16.4. The zero-order valence-corrected chi connectivity index (χ0v) is 26.1. The van der Waals surface area contributed by atoms with Crippen molar-refractivity contribution in [2.75, 3.05) is 30.5 Å². The van der Waals surface area contributed by atoms with Crippen molar-refractivity contribution in [3.63, 3.8) is 0 Å². The third-order valence-electron chi connectivity index (χ3n) is 8.61. The summed E-state index contributed by atoms with van der Waals surface area (Å²) in [6.45, 7) is 2.67. The molecule has 0 bridgehead atoms. The Balaban J connectivity index is 1.25. The van der Waals surface area contributed by atoms with Crippen LogP contribution in [0.3, 0.4) is 0 Å². The number of nitrogens with zero attached hydrogens (tertiary/aromatic N) is 2. The lowest BCUT2D eigenvalue weighted by Gasteiger charge is -2.55. The first-order valence-electron chi connectivity index (χ1n) is 14.6. The number of aromatic nitrogens is 2. The van der Waals surface area contributed by atoms with Crippen molar-refractivity contribution in [1.82, 2.24) is 15.1 Å². The second-order valence-electron chi connectivity index (χ2n) is 12.1. The van der Waals surface area contributed by atoms with E-state index in [9.17, 15) is 30.8 Å². The van der Waals surface area contributed by atoms with E-state index in [1.165, 1.54) is 32.4 Å². The smallest absolute Gasteiger partial charge is 0.419 e. The Morgan fingerprint density at radius 3 is 2.61 bits per heavy atom. The summed E-state index contributed by atoms with van der Waals surface area (Å²) in [5.41, 5.74) is -1.20. The van der Waals surface area contributed by atoms with Gasteiger partial charge in [0.2, 0.25) is 0 Å². The molecule has 0 spiro atoms. The molecule has 2 fully saturated rings. The SMILES string of the molecule is COc1ccc(F)cc1C1(C)CC(CNc2cc(C)cc3c2cnn3-c2cccc(C(=O)NC3CCS(=O)(=O)C3)c2)(C(F)(F)F)O1. The van der Waals surface area contributed by atoms with Crippen LogP contribution >= 0.6 is 0 Å². The lowest BCUT2D eigenvalue weighted by atomic mass is 9.75. The number of alkyl halides is 3. The predicted octanol–water partition coefficient (Wildman–Crippen LogP) is 5.45. The number of benzene rings is 3. The third-order valence-corrected chi connectivity index (χ3v) is 10.4. The number of hydrogen-bond donors (Lipinski definition) is 2. The Bertz CT molecular complexity index is 1940. The molecule has 1 amide bonds. The van der Waals surface area contributed by atoms with Crippen molar-refractivity contribution in [2.45, 2.75) is 50.1 Å². The first-order chi connectivity index (χ1) is 21.6. The van der Waals surface area contributed by atoms with E-state index in [4.69, 9.17) is 9.47 Å². The quantitative estimate of drug-likeness (QED) is 0.242. The van der Waals surface area contributed by atoms with Gasteiger partial charge in [-0.25, -0.2) is 17.5 Å². The molecule has 3 unspecified atom stereocenters. The number of rotatable bonds is 8. The van der Waals surface area contributed by atoms with E-state index in [0.717, 1.165) is 11.6 Å². The average molecular weight is 661 g/mol. The van der Waals surface area contributed by atoms with Gasteiger partial charge in [-0.2, -0.15) is 18.3 Å². The molecular formula is C32H32F4N4O5S. The molecule has 0 radical (unpaired) electrons. The standard InChI is InChI=1S/C32H32F4N4O5S/c1-19-11-26(37-18-31(32(34,35)36)17-30(2,45-31)25-14-21(33)7-8-28(25)44-3)24-15-38-40(27(24)12-19)23-6-4-5-20(13-23)29(41)39-22-9-10-46(42,43)16-22/h4-8,11-15,22,37H,9-10,16-18H2,1-3H3,(H,39,41). The third kappa shape index (κ3) is 5.79. The van der Waals surface area contributed by atoms with Gasteiger partial charge in [0.25, 0.3) is 5.91 Å². The number of amides is 1. The normalized spacial score (nSPS) is 24.0. The molecule has 3 heterocycles. The highest BCUT2D eigenvalue weighted by atomic mass is 32.2. The van der Waals surface area contributed by atoms with Crippen LogP contribution in [0.4, 0.5) is 23.2 Å². The van der Waals surface area contributed by atoms with Crippen molar-refractivity contribution in [1.29, 1.82) is 0 Å². The molecule has 3 aromatic carbocycles. The molecule has 2 saturated heterocycles. The van der Waals surface area contributed by atoms with Crippen LogP contribution in [0.2, 0.25) is 0 Å². The van der Waals surface area contributed by atoms with Crippen molar-refractivity contribution in [3.05, 3.63) is 83.3 Å². The second-order valence-corrected chi connectivity index (χ2v) is 14.4. The van der Waals surface area contributed by atoms with Crippen LogP contribution in [0, 0.1) is 12.7 Å². The van der Waals surface area contributed by atoms with Crippen LogP contribution in [0.1, 0.15) is 41.3 Å². The maximum absolute atomic E-state index is 14.5. The van der Waals surface area contributed by atoms with Gasteiger partial charge in [-0.05, 0) is 74.4 Å². The maximum atomic E-state index is 14.5. The second kappa shape index (κ2) is 11.3. The molecule has 2 aliphatic heterocycles. The van der Waals surface area contributed by atoms with E-state index < -0.39 is 57.9 Å². The summed E-state index contributed by atoms with van der Waals surface area (Å²) in [7, 11) is -1.81. The number of anilines is 1. The minimum absolute atomic E-state index is 0.0320. The fraction of sp³-hybridized carbons (Fsp3) is 0.375. The molecule has 1 aromatic heterocycles. The molecule has 14 heteroatoms. The van der Waals surface area contributed by atoms with E-state index in [0.29, 0.717) is 34.3 Å². The zero-order valence-electron chi connectivity index (χ0n) is 25.2. The molecule has 6 rings (SSSR count). The summed E-state index contributed by atoms with van der Waals surface area (Å²) in [4.78, 5) is 12.9. The number of halogens is 4. The Labute approximate surface area is 262 Å². The summed E-state index contributed by atoms with van der Waals surface area (Å²) >= 11 is 0. The summed E-state index contributed by atoms with van der Waals surface area (Å²) in [5.74, 6) is -0.869. The topological polar surface area (TPSA) is 112 Å². The van der Waals surface area contributed by atoms with Gasteiger partial charge in [0.05, 0.1) is 48.2 Å². The molecule has 2 aliphatic rings. The molecule has 2 N–H and O–H groups in total. The van der Waals surface area contributed by atoms with Crippen molar-refractivity contribution < 1.29 is 40.2 Å². The number of nitrogens with one attached hydrogen (secondary N) is 2. The van der Waals surface area contributed by atoms with Crippen LogP contribution in [0.25, 0.3) is 16.6 Å². The molecule has 4 aromatic rings. The fourth-order valence-corrected chi connectivity index (χ4v) is 8.06. The number of sulfone groups is 1. The number of carbonyl (C=O) groups excluding carboxylic acids is 1. The average Bonchev–Trinajstić information content (AvgIpc) is 3.56. The van der Waals surface area contributed by atoms with Gasteiger partial charge in [-0.1, -0.05) is 6.07 Å². The highest BCUT2D eigenvalue weighted by Gasteiger charge is 2.68. The van der Waals surface area contributed by atoms with Gasteiger partial charge >= 0.3 is 6.18 Å².